The van der Waals surface area contributed by atoms with E-state index in [1.165, 1.54) is 38.5 Å². The van der Waals surface area contributed by atoms with Gasteiger partial charge in [0, 0.05) is 6.04 Å². The number of hydrogen-bond acceptors (Lipinski definition) is 2. The number of nitrogen functional groups attached to an aromatic ring is 1. The third kappa shape index (κ3) is 1.97. The van der Waals surface area contributed by atoms with E-state index in [1.54, 1.807) is 0 Å². The van der Waals surface area contributed by atoms with Crippen molar-refractivity contribution in [2.45, 2.75) is 44.6 Å². The van der Waals surface area contributed by atoms with E-state index in [-0.39, 0.29) is 0 Å². The molecule has 2 N–H and O–H groups in total. The quantitative estimate of drug-likeness (QED) is 0.785. The maximum Gasteiger partial charge on any atom is 0.201 e. The third-order valence-electron chi connectivity index (χ3n) is 3.88. The molecule has 1 heterocycles. The Balaban J connectivity index is 2.12. The summed E-state index contributed by atoms with van der Waals surface area (Å²) in [6, 6.07) is 6.27. The van der Waals surface area contributed by atoms with Gasteiger partial charge in [0.25, 0.3) is 0 Å². The Morgan fingerprint density at radius 3 is 2.61 bits per heavy atom. The van der Waals surface area contributed by atoms with Crippen LogP contribution in [0.1, 0.15) is 44.6 Å². The highest BCUT2D eigenvalue weighted by Gasteiger charge is 2.20. The largest absolute Gasteiger partial charge is 0.369 e. The SMILES string of the molecule is Nc1nc2cccc(Cl)c2n1C1CCCCCC1. The van der Waals surface area contributed by atoms with Crippen molar-refractivity contribution in [1.29, 1.82) is 0 Å². The summed E-state index contributed by atoms with van der Waals surface area (Å²) < 4.78 is 2.16. The number of aromatic nitrogens is 2. The minimum atomic E-state index is 0.456. The summed E-state index contributed by atoms with van der Waals surface area (Å²) in [6.45, 7) is 0. The summed E-state index contributed by atoms with van der Waals surface area (Å²) in [7, 11) is 0. The lowest BCUT2D eigenvalue weighted by Crippen LogP contribution is -2.11. The summed E-state index contributed by atoms with van der Waals surface area (Å²) in [6.07, 6.45) is 7.57. The topological polar surface area (TPSA) is 43.8 Å². The van der Waals surface area contributed by atoms with E-state index in [2.05, 4.69) is 9.55 Å². The highest BCUT2D eigenvalue weighted by atomic mass is 35.5. The second kappa shape index (κ2) is 4.81. The van der Waals surface area contributed by atoms with Gasteiger partial charge in [-0.1, -0.05) is 43.4 Å². The fourth-order valence-corrected chi connectivity index (χ4v) is 3.27. The lowest BCUT2D eigenvalue weighted by molar-refractivity contribution is 0.459. The van der Waals surface area contributed by atoms with Gasteiger partial charge in [-0.05, 0) is 25.0 Å². The normalized spacial score (nSPS) is 18.1. The number of benzene rings is 1. The molecule has 3 nitrogen and oxygen atoms in total. The highest BCUT2D eigenvalue weighted by Crippen LogP contribution is 2.34. The van der Waals surface area contributed by atoms with Crippen LogP contribution in [0.2, 0.25) is 5.02 Å². The van der Waals surface area contributed by atoms with Crippen molar-refractivity contribution < 1.29 is 0 Å². The lowest BCUT2D eigenvalue weighted by Gasteiger charge is -2.18. The summed E-state index contributed by atoms with van der Waals surface area (Å²) in [5, 5.41) is 0.751. The molecule has 2 aromatic rings. The summed E-state index contributed by atoms with van der Waals surface area (Å²) in [4.78, 5) is 4.44. The fraction of sp³-hybridized carbons (Fsp3) is 0.500. The minimum Gasteiger partial charge on any atom is -0.369 e. The molecular formula is C14H18ClN3. The van der Waals surface area contributed by atoms with Crippen molar-refractivity contribution in [3.05, 3.63) is 23.2 Å². The van der Waals surface area contributed by atoms with Gasteiger partial charge in [0.1, 0.15) is 0 Å². The molecule has 4 heteroatoms. The van der Waals surface area contributed by atoms with Gasteiger partial charge in [0.2, 0.25) is 5.95 Å². The number of hydrogen-bond donors (Lipinski definition) is 1. The molecule has 0 aliphatic heterocycles. The maximum absolute atomic E-state index is 6.32. The van der Waals surface area contributed by atoms with Gasteiger partial charge in [-0.15, -0.1) is 0 Å². The van der Waals surface area contributed by atoms with Crippen LogP contribution in [0.3, 0.4) is 0 Å². The molecule has 0 radical (unpaired) electrons. The van der Waals surface area contributed by atoms with Gasteiger partial charge in [0.15, 0.2) is 0 Å². The molecule has 1 aliphatic carbocycles. The number of imidazole rings is 1. The Bertz CT molecular complexity index is 553. The van der Waals surface area contributed by atoms with E-state index in [0.717, 1.165) is 16.1 Å². The number of anilines is 1. The molecule has 3 rings (SSSR count). The second-order valence-corrected chi connectivity index (χ2v) is 5.50. The lowest BCUT2D eigenvalue weighted by atomic mass is 10.1. The summed E-state index contributed by atoms with van der Waals surface area (Å²) in [5.74, 6) is 0.602. The van der Waals surface area contributed by atoms with Crippen LogP contribution < -0.4 is 5.73 Å². The zero-order valence-electron chi connectivity index (χ0n) is 10.4. The Morgan fingerprint density at radius 2 is 1.89 bits per heavy atom. The third-order valence-corrected chi connectivity index (χ3v) is 4.18. The van der Waals surface area contributed by atoms with E-state index in [0.29, 0.717) is 12.0 Å². The first-order chi connectivity index (χ1) is 8.77. The van der Waals surface area contributed by atoms with Gasteiger partial charge in [-0.2, -0.15) is 0 Å². The van der Waals surface area contributed by atoms with Crippen molar-refractivity contribution in [1.82, 2.24) is 9.55 Å². The van der Waals surface area contributed by atoms with Gasteiger partial charge in [0.05, 0.1) is 16.1 Å². The molecule has 0 atom stereocenters. The smallest absolute Gasteiger partial charge is 0.201 e. The molecule has 1 fully saturated rings. The number of para-hydroxylation sites is 1. The first-order valence-corrected chi connectivity index (χ1v) is 7.07. The first kappa shape index (κ1) is 11.8. The molecule has 0 saturated heterocycles. The number of fused-ring (bicyclic) bond motifs is 1. The van der Waals surface area contributed by atoms with Crippen LogP contribution in [0.5, 0.6) is 0 Å². The average molecular weight is 264 g/mol. The first-order valence-electron chi connectivity index (χ1n) is 6.69. The molecule has 1 aromatic carbocycles. The van der Waals surface area contributed by atoms with Gasteiger partial charge in [-0.3, -0.25) is 0 Å². The van der Waals surface area contributed by atoms with Gasteiger partial charge in [-0.25, -0.2) is 4.98 Å². The number of rotatable bonds is 1. The molecule has 0 amide bonds. The number of halogens is 1. The van der Waals surface area contributed by atoms with Gasteiger partial charge >= 0.3 is 0 Å². The zero-order valence-corrected chi connectivity index (χ0v) is 11.2. The highest BCUT2D eigenvalue weighted by molar-refractivity contribution is 6.35. The van der Waals surface area contributed by atoms with Crippen molar-refractivity contribution >= 4 is 28.6 Å². The van der Waals surface area contributed by atoms with Crippen molar-refractivity contribution in [3.63, 3.8) is 0 Å². The van der Waals surface area contributed by atoms with Crippen LogP contribution in [0.25, 0.3) is 11.0 Å². The number of nitrogens with two attached hydrogens (primary N) is 1. The number of nitrogens with zero attached hydrogens (tertiary/aromatic N) is 2. The van der Waals surface area contributed by atoms with Crippen LogP contribution >= 0.6 is 11.6 Å². The molecule has 1 aromatic heterocycles. The molecule has 0 spiro atoms. The molecule has 1 saturated carbocycles. The van der Waals surface area contributed by atoms with Crippen LogP contribution in [0, 0.1) is 0 Å². The molecular weight excluding hydrogens is 246 g/mol. The Morgan fingerprint density at radius 1 is 1.17 bits per heavy atom. The monoisotopic (exact) mass is 263 g/mol. The van der Waals surface area contributed by atoms with E-state index >= 15 is 0 Å². The molecule has 0 bridgehead atoms. The molecule has 0 unspecified atom stereocenters. The maximum atomic E-state index is 6.32. The van der Waals surface area contributed by atoms with Crippen molar-refractivity contribution in [3.8, 4) is 0 Å². The Hall–Kier alpha value is -1.22. The predicted octanol–water partition coefficient (Wildman–Crippen LogP) is 4.17. The summed E-state index contributed by atoms with van der Waals surface area (Å²) in [5.41, 5.74) is 8.01. The van der Waals surface area contributed by atoms with Crippen LogP contribution in [0.4, 0.5) is 5.95 Å². The van der Waals surface area contributed by atoms with E-state index in [1.807, 2.05) is 18.2 Å². The average Bonchev–Trinajstić information content (AvgIpc) is 2.54. The molecule has 18 heavy (non-hydrogen) atoms. The van der Waals surface area contributed by atoms with Crippen LogP contribution in [-0.2, 0) is 0 Å². The van der Waals surface area contributed by atoms with Crippen molar-refractivity contribution in [2.24, 2.45) is 0 Å². The van der Waals surface area contributed by atoms with Crippen molar-refractivity contribution in [2.75, 3.05) is 5.73 Å². The minimum absolute atomic E-state index is 0.456. The Labute approximate surface area is 112 Å². The van der Waals surface area contributed by atoms with Crippen LogP contribution in [0.15, 0.2) is 18.2 Å². The predicted molar refractivity (Wildman–Crippen MR) is 75.9 cm³/mol. The van der Waals surface area contributed by atoms with Gasteiger partial charge < -0.3 is 10.3 Å². The molecule has 96 valence electrons. The van der Waals surface area contributed by atoms with Crippen LogP contribution in [-0.4, -0.2) is 9.55 Å². The standard InChI is InChI=1S/C14H18ClN3/c15-11-8-5-9-12-13(11)18(14(16)17-12)10-6-3-1-2-4-7-10/h5,8-10H,1-4,6-7H2,(H2,16,17). The fourth-order valence-electron chi connectivity index (χ4n) is 3.01. The molecule has 1 aliphatic rings. The Kier molecular flexibility index (Phi) is 3.16. The second-order valence-electron chi connectivity index (χ2n) is 5.09. The van der Waals surface area contributed by atoms with E-state index in [4.69, 9.17) is 17.3 Å². The zero-order chi connectivity index (χ0) is 12.5. The summed E-state index contributed by atoms with van der Waals surface area (Å²) >= 11 is 6.32. The van der Waals surface area contributed by atoms with E-state index in [9.17, 15) is 0 Å². The van der Waals surface area contributed by atoms with E-state index < -0.39 is 0 Å².